The minimum atomic E-state index is 0.257. The molecule has 2 aromatic carbocycles. The van der Waals surface area contributed by atoms with Gasteiger partial charge in [-0.2, -0.15) is 0 Å². The number of hydrogen-bond donors (Lipinski definition) is 2. The number of aliphatic hydroxyl groups is 1. The van der Waals surface area contributed by atoms with Crippen LogP contribution in [0.4, 0.5) is 0 Å². The third-order valence-corrected chi connectivity index (χ3v) is 3.84. The molecule has 0 aromatic heterocycles. The Morgan fingerprint density at radius 1 is 1.13 bits per heavy atom. The molecule has 120 valence electrons. The fourth-order valence-corrected chi connectivity index (χ4v) is 2.56. The molecular formula is C21H25NO. The Labute approximate surface area is 139 Å². The Balaban J connectivity index is 1.84. The fourth-order valence-electron chi connectivity index (χ4n) is 2.56. The van der Waals surface area contributed by atoms with Crippen molar-refractivity contribution in [2.75, 3.05) is 13.2 Å². The van der Waals surface area contributed by atoms with Crippen molar-refractivity contribution in [2.45, 2.75) is 32.2 Å². The van der Waals surface area contributed by atoms with Gasteiger partial charge in [0.1, 0.15) is 0 Å². The maximum Gasteiger partial charge on any atom is 0.0431 e. The van der Waals surface area contributed by atoms with Gasteiger partial charge in [0.2, 0.25) is 0 Å². The van der Waals surface area contributed by atoms with Gasteiger partial charge >= 0.3 is 0 Å². The van der Waals surface area contributed by atoms with E-state index in [1.54, 1.807) is 0 Å². The quantitative estimate of drug-likeness (QED) is 0.593. The first-order valence-corrected chi connectivity index (χ1v) is 8.28. The summed E-state index contributed by atoms with van der Waals surface area (Å²) >= 11 is 0. The van der Waals surface area contributed by atoms with E-state index < -0.39 is 0 Å². The van der Waals surface area contributed by atoms with Crippen molar-refractivity contribution in [2.24, 2.45) is 0 Å². The highest BCUT2D eigenvalue weighted by atomic mass is 16.2. The van der Waals surface area contributed by atoms with Gasteiger partial charge < -0.3 is 10.4 Å². The smallest absolute Gasteiger partial charge is 0.0431 e. The number of fused-ring (bicyclic) bond motifs is 1. The van der Waals surface area contributed by atoms with Gasteiger partial charge in [0.05, 0.1) is 0 Å². The molecule has 2 rings (SSSR count). The van der Waals surface area contributed by atoms with Gasteiger partial charge in [-0.25, -0.2) is 0 Å². The van der Waals surface area contributed by atoms with E-state index in [-0.39, 0.29) is 6.61 Å². The van der Waals surface area contributed by atoms with Crippen molar-refractivity contribution in [3.8, 4) is 11.8 Å². The number of allylic oxidation sites excluding steroid dienone is 1. The number of hydrogen-bond acceptors (Lipinski definition) is 2. The SMILES string of the molecule is C[C@@H](NCC=CC#CCCCCO)c1cccc2ccccc12. The largest absolute Gasteiger partial charge is 0.396 e. The molecule has 2 N–H and O–H groups in total. The molecule has 0 saturated heterocycles. The molecular weight excluding hydrogens is 282 g/mol. The third-order valence-electron chi connectivity index (χ3n) is 3.84. The molecule has 0 aliphatic carbocycles. The molecule has 2 heteroatoms. The van der Waals surface area contributed by atoms with E-state index in [1.165, 1.54) is 16.3 Å². The highest BCUT2D eigenvalue weighted by molar-refractivity contribution is 5.86. The van der Waals surface area contributed by atoms with Crippen molar-refractivity contribution in [1.82, 2.24) is 5.32 Å². The number of aliphatic hydroxyl groups excluding tert-OH is 1. The van der Waals surface area contributed by atoms with Crippen LogP contribution in [0.15, 0.2) is 54.6 Å². The fraction of sp³-hybridized carbons (Fsp3) is 0.333. The van der Waals surface area contributed by atoms with Crippen molar-refractivity contribution in [3.63, 3.8) is 0 Å². The minimum absolute atomic E-state index is 0.257. The van der Waals surface area contributed by atoms with Crippen LogP contribution in [0, 0.1) is 11.8 Å². The van der Waals surface area contributed by atoms with Gasteiger partial charge in [0, 0.05) is 25.6 Å². The zero-order valence-electron chi connectivity index (χ0n) is 13.8. The number of nitrogens with one attached hydrogen (secondary N) is 1. The summed E-state index contributed by atoms with van der Waals surface area (Å²) in [5, 5.41) is 14.8. The lowest BCUT2D eigenvalue weighted by atomic mass is 10.00. The van der Waals surface area contributed by atoms with Crippen LogP contribution in [0.2, 0.25) is 0 Å². The Kier molecular flexibility index (Phi) is 7.39. The van der Waals surface area contributed by atoms with E-state index in [9.17, 15) is 0 Å². The summed E-state index contributed by atoms with van der Waals surface area (Å²) in [6.45, 7) is 3.25. The van der Waals surface area contributed by atoms with Gasteiger partial charge in [-0.15, -0.1) is 0 Å². The second-order valence-corrected chi connectivity index (χ2v) is 5.60. The predicted octanol–water partition coefficient (Wildman–Crippen LogP) is 4.21. The van der Waals surface area contributed by atoms with Gasteiger partial charge in [0.25, 0.3) is 0 Å². The molecule has 0 aliphatic rings. The van der Waals surface area contributed by atoms with E-state index in [1.807, 2.05) is 6.08 Å². The Morgan fingerprint density at radius 2 is 1.96 bits per heavy atom. The molecule has 2 nitrogen and oxygen atoms in total. The molecule has 1 atom stereocenters. The van der Waals surface area contributed by atoms with Crippen LogP contribution in [0.25, 0.3) is 10.8 Å². The highest BCUT2D eigenvalue weighted by Crippen LogP contribution is 2.23. The molecule has 0 fully saturated rings. The normalized spacial score (nSPS) is 12.3. The van der Waals surface area contributed by atoms with Crippen LogP contribution in [0.1, 0.15) is 37.8 Å². The Hall–Kier alpha value is -2.08. The summed E-state index contributed by atoms with van der Waals surface area (Å²) in [6.07, 6.45) is 6.61. The van der Waals surface area contributed by atoms with Crippen LogP contribution < -0.4 is 5.32 Å². The van der Waals surface area contributed by atoms with Crippen molar-refractivity contribution >= 4 is 10.8 Å². The predicted molar refractivity (Wildman–Crippen MR) is 98.2 cm³/mol. The van der Waals surface area contributed by atoms with Crippen molar-refractivity contribution in [1.29, 1.82) is 0 Å². The van der Waals surface area contributed by atoms with Crippen molar-refractivity contribution in [3.05, 3.63) is 60.2 Å². The van der Waals surface area contributed by atoms with E-state index in [0.717, 1.165) is 25.8 Å². The molecule has 0 amide bonds. The van der Waals surface area contributed by atoms with Crippen LogP contribution in [0.5, 0.6) is 0 Å². The monoisotopic (exact) mass is 307 g/mol. The number of rotatable bonds is 7. The van der Waals surface area contributed by atoms with Crippen molar-refractivity contribution < 1.29 is 5.11 Å². The topological polar surface area (TPSA) is 32.3 Å². The highest BCUT2D eigenvalue weighted by Gasteiger charge is 2.07. The van der Waals surface area contributed by atoms with E-state index >= 15 is 0 Å². The van der Waals surface area contributed by atoms with Gasteiger partial charge in [-0.1, -0.05) is 60.4 Å². The van der Waals surface area contributed by atoms with Gasteiger partial charge in [-0.3, -0.25) is 0 Å². The second kappa shape index (κ2) is 9.84. The average molecular weight is 307 g/mol. The lowest BCUT2D eigenvalue weighted by Gasteiger charge is -2.15. The number of unbranched alkanes of at least 4 members (excludes halogenated alkanes) is 2. The summed E-state index contributed by atoms with van der Waals surface area (Å²) in [4.78, 5) is 0. The lowest BCUT2D eigenvalue weighted by Crippen LogP contribution is -2.18. The standard InChI is InChI=1S/C21H25NO/c1-18(22-16-9-5-3-2-4-6-10-17-23)20-15-11-13-19-12-7-8-14-21(19)20/h5,7-9,11-15,18,22-23H,4,6,10,16-17H2,1H3/t18-/m1/s1. The lowest BCUT2D eigenvalue weighted by molar-refractivity contribution is 0.285. The van der Waals surface area contributed by atoms with E-state index in [2.05, 4.69) is 72.6 Å². The maximum absolute atomic E-state index is 8.68. The Morgan fingerprint density at radius 3 is 2.83 bits per heavy atom. The molecule has 23 heavy (non-hydrogen) atoms. The minimum Gasteiger partial charge on any atom is -0.396 e. The van der Waals surface area contributed by atoms with Crippen LogP contribution in [-0.2, 0) is 0 Å². The molecule has 0 radical (unpaired) electrons. The van der Waals surface area contributed by atoms with E-state index in [0.29, 0.717) is 6.04 Å². The molecule has 0 bridgehead atoms. The summed E-state index contributed by atoms with van der Waals surface area (Å²) < 4.78 is 0. The second-order valence-electron chi connectivity index (χ2n) is 5.60. The van der Waals surface area contributed by atoms with Crippen LogP contribution in [-0.4, -0.2) is 18.3 Å². The summed E-state index contributed by atoms with van der Waals surface area (Å²) in [7, 11) is 0. The first kappa shape index (κ1) is 17.3. The number of benzene rings is 2. The molecule has 0 unspecified atom stereocenters. The summed E-state index contributed by atoms with van der Waals surface area (Å²) in [5.74, 6) is 6.12. The molecule has 0 saturated carbocycles. The van der Waals surface area contributed by atoms with Crippen LogP contribution in [0.3, 0.4) is 0 Å². The molecule has 0 aliphatic heterocycles. The zero-order chi connectivity index (χ0) is 16.3. The summed E-state index contributed by atoms with van der Waals surface area (Å²) in [5.41, 5.74) is 1.33. The maximum atomic E-state index is 8.68. The van der Waals surface area contributed by atoms with Gasteiger partial charge in [0.15, 0.2) is 0 Å². The zero-order valence-corrected chi connectivity index (χ0v) is 13.8. The van der Waals surface area contributed by atoms with E-state index in [4.69, 9.17) is 5.11 Å². The summed E-state index contributed by atoms with van der Waals surface area (Å²) in [6, 6.07) is 15.2. The average Bonchev–Trinajstić information content (AvgIpc) is 2.59. The van der Waals surface area contributed by atoms with Gasteiger partial charge in [-0.05, 0) is 42.2 Å². The Bertz CT molecular complexity index is 688. The molecule has 2 aromatic rings. The van der Waals surface area contributed by atoms with Crippen LogP contribution >= 0.6 is 0 Å². The first-order chi connectivity index (χ1) is 11.3. The molecule has 0 spiro atoms. The third kappa shape index (κ3) is 5.56. The first-order valence-electron chi connectivity index (χ1n) is 8.28. The molecule has 0 heterocycles.